The van der Waals surface area contributed by atoms with Gasteiger partial charge in [-0.3, -0.25) is 4.79 Å². The van der Waals surface area contributed by atoms with Crippen LogP contribution in [-0.2, 0) is 0 Å². The highest BCUT2D eigenvalue weighted by Gasteiger charge is 2.24. The lowest BCUT2D eigenvalue weighted by atomic mass is 10.0. The van der Waals surface area contributed by atoms with Gasteiger partial charge < -0.3 is 14.5 Å². The predicted molar refractivity (Wildman–Crippen MR) is 135 cm³/mol. The number of benzene rings is 3. The molecule has 5 rings (SSSR count). The van der Waals surface area contributed by atoms with E-state index in [1.807, 2.05) is 59.5 Å². The van der Waals surface area contributed by atoms with Gasteiger partial charge in [-0.1, -0.05) is 61.6 Å². The number of carbonyl (C=O) groups is 1. The molecule has 3 aromatic carbocycles. The summed E-state index contributed by atoms with van der Waals surface area (Å²) in [5.41, 5.74) is 3.06. The van der Waals surface area contributed by atoms with Crippen molar-refractivity contribution in [3.05, 3.63) is 83.9 Å². The largest absolute Gasteiger partial charge is 0.457 e. The van der Waals surface area contributed by atoms with Crippen LogP contribution in [0.25, 0.3) is 10.2 Å². The van der Waals surface area contributed by atoms with Gasteiger partial charge >= 0.3 is 0 Å². The summed E-state index contributed by atoms with van der Waals surface area (Å²) in [6.07, 6.45) is 0. The van der Waals surface area contributed by atoms with Crippen LogP contribution < -0.4 is 9.64 Å². The van der Waals surface area contributed by atoms with Gasteiger partial charge in [0.1, 0.15) is 11.5 Å². The molecular formula is C27H27N3O2S. The maximum absolute atomic E-state index is 13.1. The third-order valence-corrected chi connectivity index (χ3v) is 7.04. The van der Waals surface area contributed by atoms with E-state index in [-0.39, 0.29) is 5.91 Å². The number of hydrogen-bond donors (Lipinski definition) is 0. The molecule has 1 saturated heterocycles. The van der Waals surface area contributed by atoms with Gasteiger partial charge in [0.15, 0.2) is 5.13 Å². The molecular weight excluding hydrogens is 430 g/mol. The van der Waals surface area contributed by atoms with E-state index >= 15 is 0 Å². The number of fused-ring (bicyclic) bond motifs is 1. The Kier molecular flexibility index (Phi) is 6.01. The molecule has 5 nitrogen and oxygen atoms in total. The molecule has 0 bridgehead atoms. The third kappa shape index (κ3) is 4.57. The number of carbonyl (C=O) groups excluding carboxylic acids is 1. The number of hydrogen-bond acceptors (Lipinski definition) is 5. The number of ether oxygens (including phenoxy) is 1. The molecule has 168 valence electrons. The van der Waals surface area contributed by atoms with E-state index in [9.17, 15) is 4.79 Å². The molecule has 6 heteroatoms. The van der Waals surface area contributed by atoms with Gasteiger partial charge in [0.05, 0.1) is 10.2 Å². The van der Waals surface area contributed by atoms with Crippen molar-refractivity contribution in [3.63, 3.8) is 0 Å². The number of anilines is 1. The van der Waals surface area contributed by atoms with Gasteiger partial charge in [-0.05, 0) is 47.9 Å². The fraction of sp³-hybridized carbons (Fsp3) is 0.259. The van der Waals surface area contributed by atoms with E-state index in [1.54, 1.807) is 11.3 Å². The highest BCUT2D eigenvalue weighted by atomic mass is 32.1. The summed E-state index contributed by atoms with van der Waals surface area (Å²) >= 11 is 1.74. The van der Waals surface area contributed by atoms with E-state index in [2.05, 4.69) is 36.9 Å². The van der Waals surface area contributed by atoms with E-state index in [1.165, 1.54) is 10.3 Å². The molecule has 0 atom stereocenters. The van der Waals surface area contributed by atoms with Crippen molar-refractivity contribution in [1.82, 2.24) is 9.88 Å². The maximum atomic E-state index is 13.1. The summed E-state index contributed by atoms with van der Waals surface area (Å²) in [5.74, 6) is 1.91. The highest BCUT2D eigenvalue weighted by molar-refractivity contribution is 7.22. The zero-order valence-corrected chi connectivity index (χ0v) is 19.7. The monoisotopic (exact) mass is 457 g/mol. The smallest absolute Gasteiger partial charge is 0.254 e. The maximum Gasteiger partial charge on any atom is 0.254 e. The second-order valence-electron chi connectivity index (χ2n) is 8.57. The van der Waals surface area contributed by atoms with Crippen molar-refractivity contribution in [3.8, 4) is 11.5 Å². The first kappa shape index (κ1) is 21.5. The minimum Gasteiger partial charge on any atom is -0.457 e. The summed E-state index contributed by atoms with van der Waals surface area (Å²) in [4.78, 5) is 22.3. The lowest BCUT2D eigenvalue weighted by Gasteiger charge is -2.34. The molecule has 1 aliphatic rings. The normalized spacial score (nSPS) is 14.2. The Morgan fingerprint density at radius 1 is 0.909 bits per heavy atom. The molecule has 4 aromatic rings. The topological polar surface area (TPSA) is 45.7 Å². The van der Waals surface area contributed by atoms with Crippen molar-refractivity contribution in [2.75, 3.05) is 31.1 Å². The SMILES string of the molecule is CC(C)c1cccc2sc(N3CCN(C(=O)c4cccc(Oc5ccccc5)c4)CC3)nc12. The summed E-state index contributed by atoms with van der Waals surface area (Å²) in [6.45, 7) is 7.33. The molecule has 1 fully saturated rings. The van der Waals surface area contributed by atoms with E-state index < -0.39 is 0 Å². The number of nitrogens with zero attached hydrogens (tertiary/aromatic N) is 3. The molecule has 0 radical (unpaired) electrons. The van der Waals surface area contributed by atoms with Gasteiger partial charge in [-0.25, -0.2) is 4.98 Å². The van der Waals surface area contributed by atoms with Crippen LogP contribution in [0.3, 0.4) is 0 Å². The van der Waals surface area contributed by atoms with Crippen molar-refractivity contribution >= 4 is 32.6 Å². The summed E-state index contributed by atoms with van der Waals surface area (Å²) in [5, 5.41) is 1.04. The van der Waals surface area contributed by atoms with Crippen LogP contribution in [0.1, 0.15) is 35.7 Å². The first-order valence-electron chi connectivity index (χ1n) is 11.3. The fourth-order valence-electron chi connectivity index (χ4n) is 4.16. The quantitative estimate of drug-likeness (QED) is 0.359. The molecule has 0 aliphatic carbocycles. The standard InChI is InChI=1S/C27H27N3O2S/c1-19(2)23-12-7-13-24-25(23)28-27(33-24)30-16-14-29(15-17-30)26(31)20-8-6-11-22(18-20)32-21-9-4-3-5-10-21/h3-13,18-19H,14-17H2,1-2H3. The van der Waals surface area contributed by atoms with Crippen LogP contribution in [0.2, 0.25) is 0 Å². The number of thiazole rings is 1. The Morgan fingerprint density at radius 3 is 2.39 bits per heavy atom. The van der Waals surface area contributed by atoms with Crippen LogP contribution in [0.15, 0.2) is 72.8 Å². The Balaban J connectivity index is 1.26. The van der Waals surface area contributed by atoms with Crippen LogP contribution in [0, 0.1) is 0 Å². The summed E-state index contributed by atoms with van der Waals surface area (Å²) < 4.78 is 7.13. The average molecular weight is 458 g/mol. The van der Waals surface area contributed by atoms with E-state index in [0.717, 1.165) is 29.5 Å². The minimum absolute atomic E-state index is 0.0413. The van der Waals surface area contributed by atoms with Gasteiger partial charge in [-0.15, -0.1) is 0 Å². The molecule has 0 spiro atoms. The zero-order valence-electron chi connectivity index (χ0n) is 18.9. The Morgan fingerprint density at radius 2 is 1.64 bits per heavy atom. The lowest BCUT2D eigenvalue weighted by Crippen LogP contribution is -2.48. The first-order chi connectivity index (χ1) is 16.1. The molecule has 33 heavy (non-hydrogen) atoms. The van der Waals surface area contributed by atoms with Crippen molar-refractivity contribution in [2.45, 2.75) is 19.8 Å². The minimum atomic E-state index is 0.0413. The molecule has 2 heterocycles. The summed E-state index contributed by atoms with van der Waals surface area (Å²) in [7, 11) is 0. The second kappa shape index (κ2) is 9.24. The Bertz CT molecular complexity index is 1260. The summed E-state index contributed by atoms with van der Waals surface area (Å²) in [6, 6.07) is 23.5. The van der Waals surface area contributed by atoms with Gasteiger partial charge in [0.25, 0.3) is 5.91 Å². The Hall–Kier alpha value is -3.38. The van der Waals surface area contributed by atoms with Gasteiger partial charge in [0.2, 0.25) is 0 Å². The van der Waals surface area contributed by atoms with Crippen molar-refractivity contribution in [1.29, 1.82) is 0 Å². The van der Waals surface area contributed by atoms with Crippen molar-refractivity contribution in [2.24, 2.45) is 0 Å². The molecule has 0 saturated carbocycles. The molecule has 0 N–H and O–H groups in total. The van der Waals surface area contributed by atoms with Crippen LogP contribution in [-0.4, -0.2) is 42.0 Å². The van der Waals surface area contributed by atoms with E-state index in [4.69, 9.17) is 9.72 Å². The fourth-order valence-corrected chi connectivity index (χ4v) is 5.21. The van der Waals surface area contributed by atoms with Crippen LogP contribution >= 0.6 is 11.3 Å². The number of rotatable bonds is 5. The van der Waals surface area contributed by atoms with Crippen LogP contribution in [0.4, 0.5) is 5.13 Å². The highest BCUT2D eigenvalue weighted by Crippen LogP contribution is 2.34. The number of aromatic nitrogens is 1. The number of piperazine rings is 1. The second-order valence-corrected chi connectivity index (χ2v) is 9.58. The third-order valence-electron chi connectivity index (χ3n) is 5.96. The van der Waals surface area contributed by atoms with Gasteiger partial charge in [0, 0.05) is 31.7 Å². The van der Waals surface area contributed by atoms with Crippen LogP contribution in [0.5, 0.6) is 11.5 Å². The predicted octanol–water partition coefficient (Wildman–Crippen LogP) is 6.17. The Labute approximate surface area is 198 Å². The zero-order chi connectivity index (χ0) is 22.8. The number of amides is 1. The molecule has 1 amide bonds. The number of para-hydroxylation sites is 2. The van der Waals surface area contributed by atoms with Crippen molar-refractivity contribution < 1.29 is 9.53 Å². The van der Waals surface area contributed by atoms with E-state index in [0.29, 0.717) is 30.3 Å². The molecule has 1 aliphatic heterocycles. The molecule has 1 aromatic heterocycles. The molecule has 0 unspecified atom stereocenters. The first-order valence-corrected chi connectivity index (χ1v) is 12.2. The lowest BCUT2D eigenvalue weighted by molar-refractivity contribution is 0.0746. The average Bonchev–Trinajstić information content (AvgIpc) is 3.29. The van der Waals surface area contributed by atoms with Gasteiger partial charge in [-0.2, -0.15) is 0 Å².